The Balaban J connectivity index is 1.68. The minimum atomic E-state index is -0.329. The van der Waals surface area contributed by atoms with Crippen molar-refractivity contribution in [2.24, 2.45) is 0 Å². The fourth-order valence-electron chi connectivity index (χ4n) is 3.86. The molecule has 36 heavy (non-hydrogen) atoms. The van der Waals surface area contributed by atoms with Crippen LogP contribution in [0.1, 0.15) is 18.9 Å². The van der Waals surface area contributed by atoms with Crippen LogP contribution in [-0.2, 0) is 11.3 Å². The van der Waals surface area contributed by atoms with Gasteiger partial charge in [0.25, 0.3) is 0 Å². The van der Waals surface area contributed by atoms with Crippen molar-refractivity contribution in [3.05, 3.63) is 66.9 Å². The summed E-state index contributed by atoms with van der Waals surface area (Å²) in [6, 6.07) is 12.3. The molecule has 0 saturated carbocycles. The van der Waals surface area contributed by atoms with Gasteiger partial charge in [0, 0.05) is 36.5 Å². The number of benzene rings is 2. The first-order valence-electron chi connectivity index (χ1n) is 11.4. The molecule has 0 fully saturated rings. The van der Waals surface area contributed by atoms with Crippen LogP contribution in [0.15, 0.2) is 61.3 Å². The predicted octanol–water partition coefficient (Wildman–Crippen LogP) is 4.72. The van der Waals surface area contributed by atoms with Crippen LogP contribution in [0.4, 0.5) is 33.6 Å². The quantitative estimate of drug-likeness (QED) is 0.420. The van der Waals surface area contributed by atoms with Crippen LogP contribution in [0.2, 0.25) is 0 Å². The number of nitrogens with one attached hydrogen (secondary N) is 2. The van der Waals surface area contributed by atoms with Crippen LogP contribution in [0.5, 0.6) is 11.5 Å². The van der Waals surface area contributed by atoms with Crippen molar-refractivity contribution in [2.45, 2.75) is 19.9 Å². The van der Waals surface area contributed by atoms with Gasteiger partial charge in [-0.15, -0.1) is 0 Å². The predicted molar refractivity (Wildman–Crippen MR) is 139 cm³/mol. The average molecular weight is 489 g/mol. The summed E-state index contributed by atoms with van der Waals surface area (Å²) in [6.45, 7) is 6.25. The first-order chi connectivity index (χ1) is 17.5. The maximum absolute atomic E-state index is 13.6. The number of urea groups is 1. The van der Waals surface area contributed by atoms with Crippen molar-refractivity contribution in [2.75, 3.05) is 41.2 Å². The molecule has 186 valence electrons. The van der Waals surface area contributed by atoms with Crippen molar-refractivity contribution < 1.29 is 19.1 Å². The largest absolute Gasteiger partial charge is 0.497 e. The van der Waals surface area contributed by atoms with E-state index < -0.39 is 0 Å². The van der Waals surface area contributed by atoms with Gasteiger partial charge in [-0.2, -0.15) is 4.98 Å². The SMILES string of the molecule is C=CC(=O)Nc1ccccc1Nc1ncc2c(n1)N(CCC)C(=O)N(c1cc(OC)cc(OC)c1)C2. The minimum Gasteiger partial charge on any atom is -0.497 e. The van der Waals surface area contributed by atoms with Crippen molar-refractivity contribution in [1.82, 2.24) is 9.97 Å². The van der Waals surface area contributed by atoms with E-state index in [1.807, 2.05) is 13.0 Å². The van der Waals surface area contributed by atoms with E-state index >= 15 is 0 Å². The number of ether oxygens (including phenoxy) is 2. The van der Waals surface area contributed by atoms with Crippen molar-refractivity contribution >= 4 is 40.8 Å². The standard InChI is InChI=1S/C26H28N6O4/c1-5-11-31-24-17(16-32(26(31)34)18-12-19(35-3)14-20(13-18)36-4)15-27-25(30-24)29-22-10-8-7-9-21(22)28-23(33)6-2/h6-10,12-15H,2,5,11,16H2,1,3-4H3,(H,28,33)(H,27,29,30). The van der Waals surface area contributed by atoms with E-state index in [1.165, 1.54) is 6.08 Å². The van der Waals surface area contributed by atoms with E-state index in [0.29, 0.717) is 46.9 Å². The number of rotatable bonds is 9. The molecule has 4 rings (SSSR count). The molecule has 0 spiro atoms. The second-order valence-electron chi connectivity index (χ2n) is 8.00. The van der Waals surface area contributed by atoms with Gasteiger partial charge < -0.3 is 20.1 Å². The molecule has 2 heterocycles. The lowest BCUT2D eigenvalue weighted by Crippen LogP contribution is -2.48. The van der Waals surface area contributed by atoms with Gasteiger partial charge in [-0.25, -0.2) is 9.78 Å². The van der Waals surface area contributed by atoms with Gasteiger partial charge in [-0.1, -0.05) is 25.6 Å². The molecule has 10 nitrogen and oxygen atoms in total. The highest BCUT2D eigenvalue weighted by Gasteiger charge is 2.33. The Morgan fingerprint density at radius 2 is 1.83 bits per heavy atom. The number of nitrogens with zero attached hydrogens (tertiary/aromatic N) is 4. The molecule has 1 aromatic heterocycles. The average Bonchev–Trinajstić information content (AvgIpc) is 2.90. The monoisotopic (exact) mass is 488 g/mol. The Bertz CT molecular complexity index is 1270. The summed E-state index contributed by atoms with van der Waals surface area (Å²) in [4.78, 5) is 37.8. The molecule has 0 aliphatic carbocycles. The van der Waals surface area contributed by atoms with Gasteiger partial charge in [0.1, 0.15) is 17.3 Å². The molecule has 10 heteroatoms. The number of anilines is 5. The summed E-state index contributed by atoms with van der Waals surface area (Å²) in [7, 11) is 3.14. The highest BCUT2D eigenvalue weighted by Crippen LogP contribution is 2.35. The molecular formula is C26H28N6O4. The lowest BCUT2D eigenvalue weighted by atomic mass is 10.1. The van der Waals surface area contributed by atoms with Gasteiger partial charge >= 0.3 is 6.03 Å². The summed E-state index contributed by atoms with van der Waals surface area (Å²) in [6.07, 6.45) is 3.64. The molecule has 2 N–H and O–H groups in total. The van der Waals surface area contributed by atoms with E-state index in [1.54, 1.807) is 66.6 Å². The second kappa shape index (κ2) is 10.8. The van der Waals surface area contributed by atoms with Crippen LogP contribution in [-0.4, -0.2) is 42.7 Å². The van der Waals surface area contributed by atoms with Crippen LogP contribution < -0.4 is 29.9 Å². The number of fused-ring (bicyclic) bond motifs is 1. The van der Waals surface area contributed by atoms with Gasteiger partial charge in [-0.3, -0.25) is 14.6 Å². The zero-order chi connectivity index (χ0) is 25.7. The fourth-order valence-corrected chi connectivity index (χ4v) is 3.86. The number of carbonyl (C=O) groups excluding carboxylic acids is 2. The molecule has 3 amide bonds. The summed E-state index contributed by atoms with van der Waals surface area (Å²) >= 11 is 0. The third-order valence-corrected chi connectivity index (χ3v) is 5.60. The molecule has 0 unspecified atom stereocenters. The van der Waals surface area contributed by atoms with Gasteiger partial charge in [0.05, 0.1) is 37.8 Å². The first-order valence-corrected chi connectivity index (χ1v) is 11.4. The second-order valence-corrected chi connectivity index (χ2v) is 8.00. The number of carbonyl (C=O) groups is 2. The number of aromatic nitrogens is 2. The van der Waals surface area contributed by atoms with Crippen LogP contribution in [0.25, 0.3) is 0 Å². The third-order valence-electron chi connectivity index (χ3n) is 5.60. The maximum atomic E-state index is 13.6. The van der Waals surface area contributed by atoms with E-state index in [0.717, 1.165) is 12.0 Å². The Morgan fingerprint density at radius 1 is 1.14 bits per heavy atom. The Kier molecular flexibility index (Phi) is 7.33. The normalized spacial score (nSPS) is 12.6. The number of hydrogen-bond donors (Lipinski definition) is 2. The number of hydrogen-bond acceptors (Lipinski definition) is 7. The lowest BCUT2D eigenvalue weighted by Gasteiger charge is -2.36. The summed E-state index contributed by atoms with van der Waals surface area (Å²) in [5, 5.41) is 5.90. The topological polar surface area (TPSA) is 109 Å². The van der Waals surface area contributed by atoms with E-state index in [4.69, 9.17) is 9.47 Å². The number of para-hydroxylation sites is 2. The first kappa shape index (κ1) is 24.5. The minimum absolute atomic E-state index is 0.206. The highest BCUT2D eigenvalue weighted by atomic mass is 16.5. The van der Waals surface area contributed by atoms with Crippen LogP contribution in [0, 0.1) is 0 Å². The zero-order valence-corrected chi connectivity index (χ0v) is 20.4. The summed E-state index contributed by atoms with van der Waals surface area (Å²) < 4.78 is 10.8. The summed E-state index contributed by atoms with van der Waals surface area (Å²) in [5.41, 5.74) is 2.62. The molecule has 3 aromatic rings. The van der Waals surface area contributed by atoms with Crippen molar-refractivity contribution in [1.29, 1.82) is 0 Å². The van der Waals surface area contributed by atoms with Gasteiger partial charge in [-0.05, 0) is 24.6 Å². The molecule has 0 atom stereocenters. The zero-order valence-electron chi connectivity index (χ0n) is 20.4. The van der Waals surface area contributed by atoms with Crippen molar-refractivity contribution in [3.8, 4) is 11.5 Å². The molecule has 2 aromatic carbocycles. The molecule has 1 aliphatic rings. The third kappa shape index (κ3) is 5.07. The molecule has 1 aliphatic heterocycles. The molecule has 0 saturated heterocycles. The Labute approximate surface area is 209 Å². The lowest BCUT2D eigenvalue weighted by molar-refractivity contribution is -0.111. The Hall–Kier alpha value is -4.60. The smallest absolute Gasteiger partial charge is 0.330 e. The molecule has 0 bridgehead atoms. The number of amides is 3. The fraction of sp³-hybridized carbons (Fsp3) is 0.231. The van der Waals surface area contributed by atoms with Gasteiger partial charge in [0.15, 0.2) is 0 Å². The van der Waals surface area contributed by atoms with Gasteiger partial charge in [0.2, 0.25) is 11.9 Å². The molecule has 0 radical (unpaired) electrons. The van der Waals surface area contributed by atoms with E-state index in [2.05, 4.69) is 27.2 Å². The summed E-state index contributed by atoms with van der Waals surface area (Å²) in [5.74, 6) is 1.69. The Morgan fingerprint density at radius 3 is 2.47 bits per heavy atom. The van der Waals surface area contributed by atoms with Crippen LogP contribution >= 0.6 is 0 Å². The van der Waals surface area contributed by atoms with Crippen LogP contribution in [0.3, 0.4) is 0 Å². The maximum Gasteiger partial charge on any atom is 0.330 e. The highest BCUT2D eigenvalue weighted by molar-refractivity contribution is 6.05. The van der Waals surface area contributed by atoms with E-state index in [-0.39, 0.29) is 18.5 Å². The van der Waals surface area contributed by atoms with Crippen molar-refractivity contribution in [3.63, 3.8) is 0 Å². The molecular weight excluding hydrogens is 460 g/mol. The van der Waals surface area contributed by atoms with E-state index in [9.17, 15) is 9.59 Å². The number of methoxy groups -OCH3 is 2.